The van der Waals surface area contributed by atoms with E-state index in [4.69, 9.17) is 16.3 Å². The van der Waals surface area contributed by atoms with Gasteiger partial charge in [-0.1, -0.05) is 24.9 Å². The highest BCUT2D eigenvalue weighted by molar-refractivity contribution is 6.30. The van der Waals surface area contributed by atoms with Crippen LogP contribution in [0.5, 0.6) is 0 Å². The molecule has 2 aliphatic heterocycles. The van der Waals surface area contributed by atoms with Crippen LogP contribution in [-0.2, 0) is 20.4 Å². The van der Waals surface area contributed by atoms with E-state index in [9.17, 15) is 31.9 Å². The van der Waals surface area contributed by atoms with Gasteiger partial charge in [0.2, 0.25) is 5.91 Å². The molecule has 9 nitrogen and oxygen atoms in total. The first kappa shape index (κ1) is 32.0. The number of carbonyl (C=O) groups is 3. The number of pyridine rings is 1. The SMILES string of the molecule is COC(=O)Nc1ccc2c(c1)NC(=O)[C@H](C)CCCC(N1CCC(c3c(C(F)(F)F)ccc(Cl)c3F)OC1=O)c1ccnc-2c1. The minimum absolute atomic E-state index is 0.0236. The summed E-state index contributed by atoms with van der Waals surface area (Å²) in [7, 11) is 1.23. The maximum Gasteiger partial charge on any atom is 0.416 e. The number of halogens is 5. The molecule has 238 valence electrons. The van der Waals surface area contributed by atoms with Crippen molar-refractivity contribution in [1.29, 1.82) is 0 Å². The molecule has 3 aromatic rings. The van der Waals surface area contributed by atoms with Crippen LogP contribution in [0.3, 0.4) is 0 Å². The lowest BCUT2D eigenvalue weighted by atomic mass is 9.93. The van der Waals surface area contributed by atoms with E-state index in [0.717, 1.165) is 6.07 Å². The van der Waals surface area contributed by atoms with Gasteiger partial charge >= 0.3 is 18.4 Å². The Morgan fingerprint density at radius 1 is 1.13 bits per heavy atom. The number of alkyl halides is 3. The van der Waals surface area contributed by atoms with Gasteiger partial charge in [0.05, 0.1) is 35.1 Å². The molecule has 2 N–H and O–H groups in total. The summed E-state index contributed by atoms with van der Waals surface area (Å²) in [6.07, 6.45) is -5.15. The molecule has 0 spiro atoms. The Kier molecular flexibility index (Phi) is 9.19. The van der Waals surface area contributed by atoms with Crippen molar-refractivity contribution in [2.24, 2.45) is 5.92 Å². The monoisotopic (exact) mass is 648 g/mol. The number of nitrogens with one attached hydrogen (secondary N) is 2. The minimum Gasteiger partial charge on any atom is -0.453 e. The van der Waals surface area contributed by atoms with Gasteiger partial charge in [-0.3, -0.25) is 15.1 Å². The number of nitrogens with zero attached hydrogens (tertiary/aromatic N) is 2. The lowest BCUT2D eigenvalue weighted by Gasteiger charge is -2.38. The third-order valence-corrected chi connectivity index (χ3v) is 8.25. The van der Waals surface area contributed by atoms with Gasteiger partial charge in [0.25, 0.3) is 0 Å². The average Bonchev–Trinajstić information content (AvgIpc) is 3.00. The van der Waals surface area contributed by atoms with Crippen molar-refractivity contribution in [2.75, 3.05) is 24.3 Å². The molecule has 14 heteroatoms. The second kappa shape index (κ2) is 12.9. The zero-order valence-corrected chi connectivity index (χ0v) is 25.0. The summed E-state index contributed by atoms with van der Waals surface area (Å²) in [6, 6.07) is 9.28. The number of amides is 3. The van der Waals surface area contributed by atoms with Gasteiger partial charge in [0.1, 0.15) is 11.9 Å². The molecular weight excluding hydrogens is 620 g/mol. The lowest BCUT2D eigenvalue weighted by Crippen LogP contribution is -2.42. The van der Waals surface area contributed by atoms with Crippen LogP contribution >= 0.6 is 11.6 Å². The Balaban J connectivity index is 1.49. The second-order valence-electron chi connectivity index (χ2n) is 10.9. The first-order chi connectivity index (χ1) is 21.4. The third kappa shape index (κ3) is 6.82. The zero-order chi connectivity index (χ0) is 32.5. The fraction of sp³-hybridized carbons (Fsp3) is 0.355. The predicted molar refractivity (Wildman–Crippen MR) is 157 cm³/mol. The molecule has 5 rings (SSSR count). The highest BCUT2D eigenvalue weighted by Crippen LogP contribution is 2.43. The van der Waals surface area contributed by atoms with Crippen LogP contribution in [0.25, 0.3) is 11.3 Å². The molecule has 3 heterocycles. The Bertz CT molecular complexity index is 1640. The molecule has 1 aromatic heterocycles. The fourth-order valence-electron chi connectivity index (χ4n) is 5.64. The van der Waals surface area contributed by atoms with Crippen molar-refractivity contribution in [3.63, 3.8) is 0 Å². The van der Waals surface area contributed by atoms with E-state index < -0.39 is 58.4 Å². The Hall–Kier alpha value is -4.39. The standard InChI is InChI=1S/C31H29ClF4N4O5/c1-16-4-3-5-24(40-13-11-25(45-30(40)43)26-20(31(34,35)36)8-9-21(32)27(26)33)17-10-12-37-22(14-17)19-7-6-18(38-29(42)44-2)15-23(19)39-28(16)41/h6-10,12,14-16,24-25H,3-5,11,13H2,1-2H3,(H,38,42)(H,39,41)/t16-,24?,25?/m1/s1. The van der Waals surface area contributed by atoms with Crippen LogP contribution in [0.15, 0.2) is 48.7 Å². The van der Waals surface area contributed by atoms with Gasteiger partial charge in [-0.05, 0) is 60.9 Å². The quantitative estimate of drug-likeness (QED) is 0.278. The van der Waals surface area contributed by atoms with Gasteiger partial charge in [-0.15, -0.1) is 0 Å². The van der Waals surface area contributed by atoms with Gasteiger partial charge in [-0.25, -0.2) is 14.0 Å². The summed E-state index contributed by atoms with van der Waals surface area (Å²) < 4.78 is 66.3. The summed E-state index contributed by atoms with van der Waals surface area (Å²) in [5.41, 5.74) is 0.412. The van der Waals surface area contributed by atoms with Crippen LogP contribution in [-0.4, -0.2) is 41.6 Å². The van der Waals surface area contributed by atoms with Crippen LogP contribution in [0.2, 0.25) is 5.02 Å². The summed E-state index contributed by atoms with van der Waals surface area (Å²) in [5, 5.41) is 4.98. The molecule has 0 saturated carbocycles. The fourth-order valence-corrected chi connectivity index (χ4v) is 5.80. The van der Waals surface area contributed by atoms with Crippen LogP contribution in [0, 0.1) is 11.7 Å². The number of methoxy groups -OCH3 is 1. The number of hydrogen-bond acceptors (Lipinski definition) is 6. The Morgan fingerprint density at radius 2 is 1.91 bits per heavy atom. The largest absolute Gasteiger partial charge is 0.453 e. The maximum atomic E-state index is 14.9. The van der Waals surface area contributed by atoms with E-state index in [1.54, 1.807) is 43.5 Å². The molecule has 2 aliphatic rings. The first-order valence-electron chi connectivity index (χ1n) is 14.2. The highest BCUT2D eigenvalue weighted by atomic mass is 35.5. The van der Waals surface area contributed by atoms with Gasteiger partial charge < -0.3 is 19.7 Å². The van der Waals surface area contributed by atoms with Crippen molar-refractivity contribution in [3.8, 4) is 11.3 Å². The normalized spacial score (nSPS) is 20.6. The van der Waals surface area contributed by atoms with E-state index >= 15 is 0 Å². The topological polar surface area (TPSA) is 110 Å². The van der Waals surface area contributed by atoms with Gasteiger partial charge in [0.15, 0.2) is 0 Å². The number of benzene rings is 2. The molecular formula is C31H29ClF4N4O5. The lowest BCUT2D eigenvalue weighted by molar-refractivity contribution is -0.140. The Morgan fingerprint density at radius 3 is 2.62 bits per heavy atom. The van der Waals surface area contributed by atoms with E-state index in [1.165, 1.54) is 12.0 Å². The molecule has 2 bridgehead atoms. The molecule has 45 heavy (non-hydrogen) atoms. The van der Waals surface area contributed by atoms with Crippen molar-refractivity contribution in [1.82, 2.24) is 9.88 Å². The molecule has 0 radical (unpaired) electrons. The zero-order valence-electron chi connectivity index (χ0n) is 24.2. The average molecular weight is 649 g/mol. The molecule has 1 fully saturated rings. The van der Waals surface area contributed by atoms with Crippen molar-refractivity contribution in [2.45, 2.75) is 50.9 Å². The van der Waals surface area contributed by atoms with Crippen LogP contribution in [0.4, 0.5) is 38.5 Å². The van der Waals surface area contributed by atoms with E-state index in [0.29, 0.717) is 53.5 Å². The third-order valence-electron chi connectivity index (χ3n) is 7.96. The van der Waals surface area contributed by atoms with Crippen molar-refractivity contribution >= 4 is 41.1 Å². The van der Waals surface area contributed by atoms with Crippen molar-refractivity contribution in [3.05, 3.63) is 76.2 Å². The highest BCUT2D eigenvalue weighted by Gasteiger charge is 2.42. The van der Waals surface area contributed by atoms with E-state index in [1.807, 2.05) is 0 Å². The molecule has 2 aromatic carbocycles. The van der Waals surface area contributed by atoms with E-state index in [2.05, 4.69) is 20.4 Å². The number of rotatable bonds is 3. The summed E-state index contributed by atoms with van der Waals surface area (Å²) in [5.74, 6) is -1.96. The van der Waals surface area contributed by atoms with Crippen LogP contribution in [0.1, 0.15) is 61.4 Å². The number of hydrogen-bond donors (Lipinski definition) is 2. The summed E-state index contributed by atoms with van der Waals surface area (Å²) >= 11 is 5.81. The van der Waals surface area contributed by atoms with Gasteiger partial charge in [-0.2, -0.15) is 13.2 Å². The number of cyclic esters (lactones) is 1. The number of anilines is 2. The predicted octanol–water partition coefficient (Wildman–Crippen LogP) is 8.12. The smallest absolute Gasteiger partial charge is 0.416 e. The maximum absolute atomic E-state index is 14.9. The minimum atomic E-state index is -4.89. The first-order valence-corrected chi connectivity index (χ1v) is 14.5. The molecule has 3 amide bonds. The van der Waals surface area contributed by atoms with Crippen molar-refractivity contribution < 1.29 is 41.4 Å². The second-order valence-corrected chi connectivity index (χ2v) is 11.3. The molecule has 1 saturated heterocycles. The van der Waals surface area contributed by atoms with Crippen LogP contribution < -0.4 is 10.6 Å². The number of carbonyl (C=O) groups excluding carboxylic acids is 3. The molecule has 3 atom stereocenters. The summed E-state index contributed by atoms with van der Waals surface area (Å²) in [4.78, 5) is 44.2. The van der Waals surface area contributed by atoms with Gasteiger partial charge in [0, 0.05) is 41.9 Å². The molecule has 2 unspecified atom stereocenters. The summed E-state index contributed by atoms with van der Waals surface area (Å²) in [6.45, 7) is 1.74. The molecule has 0 aliphatic carbocycles. The van der Waals surface area contributed by atoms with E-state index in [-0.39, 0.29) is 18.9 Å². The number of ether oxygens (including phenoxy) is 2. The number of fused-ring (bicyclic) bond motifs is 4. The number of aromatic nitrogens is 1. The Labute approximate surface area is 260 Å².